The van der Waals surface area contributed by atoms with Gasteiger partial charge in [0, 0.05) is 47.2 Å². The number of pyridine rings is 1. The molecule has 4 aromatic rings. The molecule has 0 saturated heterocycles. The van der Waals surface area contributed by atoms with Gasteiger partial charge in [0.05, 0.1) is 31.1 Å². The number of carbonyl (C=O) groups is 1. The van der Waals surface area contributed by atoms with E-state index in [0.29, 0.717) is 58.9 Å². The Bertz CT molecular complexity index is 1360. The average molecular weight is 539 g/mol. The smallest absolute Gasteiger partial charge is 0.323 e. The van der Waals surface area contributed by atoms with E-state index in [-0.39, 0.29) is 6.03 Å². The molecule has 0 aliphatic heterocycles. The van der Waals surface area contributed by atoms with Crippen LogP contribution >= 0.6 is 23.2 Å². The summed E-state index contributed by atoms with van der Waals surface area (Å²) in [6, 6.07) is 22.2. The maximum atomic E-state index is 13.0. The second-order valence-corrected chi connectivity index (χ2v) is 8.89. The first-order valence-corrected chi connectivity index (χ1v) is 12.8. The van der Waals surface area contributed by atoms with Crippen LogP contribution in [0.25, 0.3) is 22.2 Å². The van der Waals surface area contributed by atoms with Gasteiger partial charge in [0.25, 0.3) is 0 Å². The van der Waals surface area contributed by atoms with Crippen LogP contribution in [0.15, 0.2) is 72.8 Å². The zero-order chi connectivity index (χ0) is 26.2. The molecule has 0 unspecified atom stereocenters. The molecule has 0 aliphatic carbocycles. The number of alkyl halides is 2. The number of urea groups is 1. The van der Waals surface area contributed by atoms with Gasteiger partial charge in [-0.15, -0.1) is 23.2 Å². The van der Waals surface area contributed by atoms with E-state index < -0.39 is 0 Å². The number of halogens is 2. The Morgan fingerprint density at radius 3 is 2.30 bits per heavy atom. The Morgan fingerprint density at radius 1 is 0.892 bits per heavy atom. The van der Waals surface area contributed by atoms with Crippen LogP contribution in [0.4, 0.5) is 21.9 Å². The van der Waals surface area contributed by atoms with E-state index in [9.17, 15) is 4.79 Å². The first kappa shape index (κ1) is 26.4. The Balaban J connectivity index is 1.62. The zero-order valence-corrected chi connectivity index (χ0v) is 22.1. The van der Waals surface area contributed by atoms with Gasteiger partial charge in [-0.1, -0.05) is 12.1 Å². The molecule has 0 bridgehead atoms. The van der Waals surface area contributed by atoms with Crippen molar-refractivity contribution in [2.45, 2.75) is 0 Å². The molecule has 0 aliphatic rings. The molecular formula is C28H28Cl2N4O3. The van der Waals surface area contributed by atoms with Crippen molar-refractivity contribution in [2.24, 2.45) is 0 Å². The molecular weight excluding hydrogens is 511 g/mol. The summed E-state index contributed by atoms with van der Waals surface area (Å²) < 4.78 is 10.9. The van der Waals surface area contributed by atoms with Gasteiger partial charge < -0.3 is 25.0 Å². The summed E-state index contributed by atoms with van der Waals surface area (Å²) >= 11 is 11.8. The van der Waals surface area contributed by atoms with Crippen LogP contribution in [0, 0.1) is 0 Å². The average Bonchev–Trinajstić information content (AvgIpc) is 2.93. The molecule has 0 radical (unpaired) electrons. The fourth-order valence-electron chi connectivity index (χ4n) is 4.04. The first-order valence-electron chi connectivity index (χ1n) is 11.7. The highest BCUT2D eigenvalue weighted by atomic mass is 35.5. The third-order valence-electron chi connectivity index (χ3n) is 5.85. The minimum absolute atomic E-state index is 0.382. The largest absolute Gasteiger partial charge is 0.497 e. The number of nitrogens with zero attached hydrogens (tertiary/aromatic N) is 2. The molecule has 0 atom stereocenters. The standard InChI is InChI=1S/C28H28Cl2N4O3/c1-36-21-11-12-24-23(17-21)26(18-25(32-24)22-5-3-4-6-27(22)37-2)33-28(35)31-19-7-9-20(10-8-19)34(15-13-29)16-14-30/h3-12,17-18H,13-16H2,1-2H3,(H2,31,32,33,35). The number of nitrogens with one attached hydrogen (secondary N) is 2. The summed E-state index contributed by atoms with van der Waals surface area (Å²) in [5, 5.41) is 6.63. The lowest BCUT2D eigenvalue weighted by molar-refractivity contribution is 0.262. The number of hydrogen-bond donors (Lipinski definition) is 2. The van der Waals surface area contributed by atoms with Crippen LogP contribution in [0.3, 0.4) is 0 Å². The first-order chi connectivity index (χ1) is 18.1. The Kier molecular flexibility index (Phi) is 8.93. The van der Waals surface area contributed by atoms with Gasteiger partial charge in [-0.25, -0.2) is 9.78 Å². The summed E-state index contributed by atoms with van der Waals surface area (Å²) in [6.07, 6.45) is 0. The Labute approximate surface area is 226 Å². The minimum Gasteiger partial charge on any atom is -0.497 e. The maximum absolute atomic E-state index is 13.0. The van der Waals surface area contributed by atoms with E-state index in [1.807, 2.05) is 72.8 Å². The Morgan fingerprint density at radius 2 is 1.62 bits per heavy atom. The number of anilines is 3. The second kappa shape index (κ2) is 12.5. The highest BCUT2D eigenvalue weighted by molar-refractivity contribution is 6.18. The van der Waals surface area contributed by atoms with Crippen molar-refractivity contribution < 1.29 is 14.3 Å². The predicted molar refractivity (Wildman–Crippen MR) is 153 cm³/mol. The van der Waals surface area contributed by atoms with E-state index in [2.05, 4.69) is 15.5 Å². The van der Waals surface area contributed by atoms with Gasteiger partial charge in [-0.2, -0.15) is 0 Å². The van der Waals surface area contributed by atoms with Crippen molar-refractivity contribution in [1.82, 2.24) is 4.98 Å². The van der Waals surface area contributed by atoms with Crippen molar-refractivity contribution in [3.05, 3.63) is 72.8 Å². The van der Waals surface area contributed by atoms with E-state index >= 15 is 0 Å². The van der Waals surface area contributed by atoms with Crippen molar-refractivity contribution in [3.63, 3.8) is 0 Å². The number of rotatable bonds is 10. The highest BCUT2D eigenvalue weighted by Crippen LogP contribution is 2.34. The molecule has 37 heavy (non-hydrogen) atoms. The number of carbonyl (C=O) groups excluding carboxylic acids is 1. The number of aromatic nitrogens is 1. The van der Waals surface area contributed by atoms with Crippen LogP contribution in [-0.2, 0) is 0 Å². The molecule has 2 N–H and O–H groups in total. The van der Waals surface area contributed by atoms with E-state index in [1.165, 1.54) is 0 Å². The molecule has 0 spiro atoms. The third-order valence-corrected chi connectivity index (χ3v) is 6.18. The van der Waals surface area contributed by atoms with E-state index in [0.717, 1.165) is 16.6 Å². The summed E-state index contributed by atoms with van der Waals surface area (Å²) in [4.78, 5) is 19.9. The molecule has 192 valence electrons. The molecule has 2 amide bonds. The SMILES string of the molecule is COc1ccc2nc(-c3ccccc3OC)cc(NC(=O)Nc3ccc(N(CCCl)CCCl)cc3)c2c1. The van der Waals surface area contributed by atoms with E-state index in [1.54, 1.807) is 14.2 Å². The maximum Gasteiger partial charge on any atom is 0.323 e. The highest BCUT2D eigenvalue weighted by Gasteiger charge is 2.14. The molecule has 9 heteroatoms. The fourth-order valence-corrected chi connectivity index (χ4v) is 4.45. The number of methoxy groups -OCH3 is 2. The molecule has 7 nitrogen and oxygen atoms in total. The van der Waals surface area contributed by atoms with Crippen LogP contribution in [0.1, 0.15) is 0 Å². The summed E-state index contributed by atoms with van der Waals surface area (Å²) in [7, 11) is 3.22. The van der Waals surface area contributed by atoms with Gasteiger partial charge >= 0.3 is 6.03 Å². The molecule has 3 aromatic carbocycles. The van der Waals surface area contributed by atoms with Crippen molar-refractivity contribution in [2.75, 3.05) is 54.6 Å². The van der Waals surface area contributed by atoms with Crippen molar-refractivity contribution in [1.29, 1.82) is 0 Å². The summed E-state index contributed by atoms with van der Waals surface area (Å²) in [5.41, 5.74) is 4.44. The van der Waals surface area contributed by atoms with Gasteiger partial charge in [0.2, 0.25) is 0 Å². The van der Waals surface area contributed by atoms with Crippen LogP contribution in [-0.4, -0.2) is 50.1 Å². The van der Waals surface area contributed by atoms with Crippen molar-refractivity contribution >= 4 is 57.2 Å². The molecule has 0 fully saturated rings. The number of ether oxygens (including phenoxy) is 2. The third kappa shape index (κ3) is 6.37. The number of para-hydroxylation sites is 1. The van der Waals surface area contributed by atoms with Crippen LogP contribution in [0.5, 0.6) is 11.5 Å². The van der Waals surface area contributed by atoms with Gasteiger partial charge in [-0.3, -0.25) is 0 Å². The topological polar surface area (TPSA) is 75.7 Å². The normalized spacial score (nSPS) is 10.7. The molecule has 1 aromatic heterocycles. The number of amides is 2. The predicted octanol–water partition coefficient (Wildman–Crippen LogP) is 6.85. The molecule has 1 heterocycles. The lowest BCUT2D eigenvalue weighted by Crippen LogP contribution is -2.27. The number of fused-ring (bicyclic) bond motifs is 1. The summed E-state index contributed by atoms with van der Waals surface area (Å²) in [6.45, 7) is 1.38. The van der Waals surface area contributed by atoms with E-state index in [4.69, 9.17) is 37.7 Å². The van der Waals surface area contributed by atoms with Gasteiger partial charge in [0.15, 0.2) is 0 Å². The Hall–Kier alpha value is -3.68. The monoisotopic (exact) mass is 538 g/mol. The quantitative estimate of drug-likeness (QED) is 0.216. The lowest BCUT2D eigenvalue weighted by atomic mass is 10.1. The number of benzene rings is 3. The summed E-state index contributed by atoms with van der Waals surface area (Å²) in [5.74, 6) is 2.36. The van der Waals surface area contributed by atoms with Crippen LogP contribution in [0.2, 0.25) is 0 Å². The molecule has 4 rings (SSSR count). The van der Waals surface area contributed by atoms with Gasteiger partial charge in [0.1, 0.15) is 11.5 Å². The fraction of sp³-hybridized carbons (Fsp3) is 0.214. The zero-order valence-electron chi connectivity index (χ0n) is 20.6. The van der Waals surface area contributed by atoms with Crippen molar-refractivity contribution in [3.8, 4) is 22.8 Å². The lowest BCUT2D eigenvalue weighted by Gasteiger charge is -2.23. The van der Waals surface area contributed by atoms with Crippen LogP contribution < -0.4 is 25.0 Å². The second-order valence-electron chi connectivity index (χ2n) is 8.13. The molecule has 0 saturated carbocycles. The minimum atomic E-state index is -0.382. The number of hydrogen-bond acceptors (Lipinski definition) is 5. The van der Waals surface area contributed by atoms with Gasteiger partial charge in [-0.05, 0) is 60.7 Å².